The summed E-state index contributed by atoms with van der Waals surface area (Å²) in [4.78, 5) is 15.9. The van der Waals surface area contributed by atoms with Gasteiger partial charge in [0.15, 0.2) is 15.8 Å². The fraction of sp³-hybridized carbons (Fsp3) is 0.500. The number of carbonyl (C=O) groups excluding carboxylic acids is 1. The Morgan fingerprint density at radius 1 is 1.23 bits per heavy atom. The molecule has 1 aliphatic heterocycles. The Hall–Kier alpha value is -1.43. The molecule has 1 aliphatic rings. The van der Waals surface area contributed by atoms with E-state index in [2.05, 4.69) is 20.9 Å². The van der Waals surface area contributed by atoms with Crippen molar-refractivity contribution in [2.24, 2.45) is 4.99 Å². The van der Waals surface area contributed by atoms with E-state index in [0.717, 1.165) is 5.56 Å². The first-order valence-corrected chi connectivity index (χ1v) is 9.89. The average molecular weight is 498 g/mol. The van der Waals surface area contributed by atoms with Crippen molar-refractivity contribution in [1.29, 1.82) is 0 Å². The highest BCUT2D eigenvalue weighted by Gasteiger charge is 2.28. The van der Waals surface area contributed by atoms with Gasteiger partial charge in [0.25, 0.3) is 0 Å². The molecule has 0 aromatic heterocycles. The fourth-order valence-corrected chi connectivity index (χ4v) is 4.20. The van der Waals surface area contributed by atoms with Crippen LogP contribution >= 0.6 is 24.0 Å². The third kappa shape index (κ3) is 7.85. The van der Waals surface area contributed by atoms with Crippen molar-refractivity contribution in [3.63, 3.8) is 0 Å². The lowest BCUT2D eigenvalue weighted by molar-refractivity contribution is -0.120. The molecule has 0 saturated carbocycles. The molecule has 1 aromatic carbocycles. The number of guanidine groups is 1. The predicted octanol–water partition coefficient (Wildman–Crippen LogP) is 0.454. The average Bonchev–Trinajstić information content (AvgIpc) is 2.91. The van der Waals surface area contributed by atoms with Crippen molar-refractivity contribution < 1.29 is 17.6 Å². The molecule has 0 radical (unpaired) electrons. The van der Waals surface area contributed by atoms with Crippen LogP contribution in [0.25, 0.3) is 0 Å². The summed E-state index contributed by atoms with van der Waals surface area (Å²) >= 11 is 0. The van der Waals surface area contributed by atoms with Gasteiger partial charge in [-0.3, -0.25) is 9.79 Å². The van der Waals surface area contributed by atoms with Crippen molar-refractivity contribution in [3.8, 4) is 0 Å². The maximum atomic E-state index is 12.8. The number of carbonyl (C=O) groups is 1. The standard InChI is InChI=1S/C16H23FN4O3S.HI/c1-18-16(21-14-6-9-25(23,24)11-14)20-8-7-19-15(22)10-12-2-4-13(17)5-3-12;/h2-5,14H,6-11H2,1H3,(H,19,22)(H2,18,20,21);1H. The first kappa shape index (κ1) is 22.6. The van der Waals surface area contributed by atoms with Crippen molar-refractivity contribution >= 4 is 45.7 Å². The maximum absolute atomic E-state index is 12.8. The second-order valence-electron chi connectivity index (χ2n) is 5.90. The van der Waals surface area contributed by atoms with Gasteiger partial charge in [0, 0.05) is 26.2 Å². The highest BCUT2D eigenvalue weighted by molar-refractivity contribution is 14.0. The molecule has 0 aliphatic carbocycles. The van der Waals surface area contributed by atoms with Crippen molar-refractivity contribution in [1.82, 2.24) is 16.0 Å². The van der Waals surface area contributed by atoms with Crippen LogP contribution in [0.2, 0.25) is 0 Å². The predicted molar refractivity (Wildman–Crippen MR) is 110 cm³/mol. The second-order valence-corrected chi connectivity index (χ2v) is 8.13. The molecule has 146 valence electrons. The summed E-state index contributed by atoms with van der Waals surface area (Å²) in [7, 11) is -1.34. The fourth-order valence-electron chi connectivity index (χ4n) is 2.53. The molecule has 26 heavy (non-hydrogen) atoms. The number of hydrogen-bond donors (Lipinski definition) is 3. The summed E-state index contributed by atoms with van der Waals surface area (Å²) in [6.45, 7) is 0.845. The molecule has 1 unspecified atom stereocenters. The Morgan fingerprint density at radius 2 is 1.88 bits per heavy atom. The zero-order valence-corrected chi connectivity index (χ0v) is 17.6. The van der Waals surface area contributed by atoms with Crippen LogP contribution < -0.4 is 16.0 Å². The van der Waals surface area contributed by atoms with E-state index in [9.17, 15) is 17.6 Å². The van der Waals surface area contributed by atoms with Crippen LogP contribution in [0.5, 0.6) is 0 Å². The van der Waals surface area contributed by atoms with E-state index in [0.29, 0.717) is 25.5 Å². The summed E-state index contributed by atoms with van der Waals surface area (Å²) in [6.07, 6.45) is 0.755. The number of nitrogens with zero attached hydrogens (tertiary/aromatic N) is 1. The topological polar surface area (TPSA) is 99.7 Å². The summed E-state index contributed by atoms with van der Waals surface area (Å²) in [6, 6.07) is 5.67. The number of hydrogen-bond acceptors (Lipinski definition) is 4. The summed E-state index contributed by atoms with van der Waals surface area (Å²) in [5, 5.41) is 8.85. The molecule has 0 spiro atoms. The van der Waals surface area contributed by atoms with Crippen molar-refractivity contribution in [3.05, 3.63) is 35.6 Å². The minimum atomic E-state index is -2.94. The van der Waals surface area contributed by atoms with Gasteiger partial charge in [-0.25, -0.2) is 12.8 Å². The minimum Gasteiger partial charge on any atom is -0.355 e. The van der Waals surface area contributed by atoms with Gasteiger partial charge in [-0.2, -0.15) is 0 Å². The van der Waals surface area contributed by atoms with Crippen molar-refractivity contribution in [2.45, 2.75) is 18.9 Å². The highest BCUT2D eigenvalue weighted by Crippen LogP contribution is 2.10. The van der Waals surface area contributed by atoms with Gasteiger partial charge < -0.3 is 16.0 Å². The van der Waals surface area contributed by atoms with Gasteiger partial charge in [-0.05, 0) is 24.1 Å². The quantitative estimate of drug-likeness (QED) is 0.229. The molecule has 0 bridgehead atoms. The van der Waals surface area contributed by atoms with Gasteiger partial charge in [0.1, 0.15) is 5.82 Å². The van der Waals surface area contributed by atoms with E-state index in [-0.39, 0.29) is 59.7 Å². The number of halogens is 2. The third-order valence-corrected chi connectivity index (χ3v) is 5.58. The first-order chi connectivity index (χ1) is 11.9. The molecule has 1 amide bonds. The smallest absolute Gasteiger partial charge is 0.224 e. The monoisotopic (exact) mass is 498 g/mol. The lowest BCUT2D eigenvalue weighted by Crippen LogP contribution is -2.46. The lowest BCUT2D eigenvalue weighted by atomic mass is 10.1. The SMILES string of the molecule is CN=C(NCCNC(=O)Cc1ccc(F)cc1)NC1CCS(=O)(=O)C1.I. The Morgan fingerprint density at radius 3 is 2.46 bits per heavy atom. The molecule has 3 N–H and O–H groups in total. The van der Waals surface area contributed by atoms with Crippen LogP contribution in [0.1, 0.15) is 12.0 Å². The molecule has 1 atom stereocenters. The van der Waals surface area contributed by atoms with Gasteiger partial charge in [-0.1, -0.05) is 12.1 Å². The highest BCUT2D eigenvalue weighted by atomic mass is 127. The Labute approximate surface area is 170 Å². The number of rotatable bonds is 6. The normalized spacial score (nSPS) is 18.7. The molecule has 1 heterocycles. The van der Waals surface area contributed by atoms with Crippen LogP contribution in [-0.2, 0) is 21.1 Å². The second kappa shape index (κ2) is 10.7. The summed E-state index contributed by atoms with van der Waals surface area (Å²) < 4.78 is 35.7. The van der Waals surface area contributed by atoms with Gasteiger partial charge >= 0.3 is 0 Å². The number of sulfone groups is 1. The maximum Gasteiger partial charge on any atom is 0.224 e. The Kier molecular flexibility index (Phi) is 9.27. The van der Waals surface area contributed by atoms with Crippen LogP contribution in [0.4, 0.5) is 4.39 Å². The first-order valence-electron chi connectivity index (χ1n) is 8.07. The van der Waals surface area contributed by atoms with Gasteiger partial charge in [-0.15, -0.1) is 24.0 Å². The molecular formula is C16H24FIN4O3S. The molecule has 1 aromatic rings. The Balaban J connectivity index is 0.00000338. The zero-order chi connectivity index (χ0) is 18.3. The van der Waals surface area contributed by atoms with Crippen LogP contribution in [0.3, 0.4) is 0 Å². The number of benzene rings is 1. The van der Waals surface area contributed by atoms with E-state index in [4.69, 9.17) is 0 Å². The van der Waals surface area contributed by atoms with Crippen molar-refractivity contribution in [2.75, 3.05) is 31.6 Å². The minimum absolute atomic E-state index is 0. The van der Waals surface area contributed by atoms with Crippen LogP contribution in [-0.4, -0.2) is 58.0 Å². The number of amides is 1. The zero-order valence-electron chi connectivity index (χ0n) is 14.5. The molecule has 2 rings (SSSR count). The molecular weight excluding hydrogens is 474 g/mol. The number of nitrogens with one attached hydrogen (secondary N) is 3. The van der Waals surface area contributed by atoms with E-state index >= 15 is 0 Å². The Bertz CT molecular complexity index is 726. The number of aliphatic imine (C=N–C) groups is 1. The third-order valence-electron chi connectivity index (χ3n) is 3.81. The molecule has 10 heteroatoms. The van der Waals surface area contributed by atoms with Crippen LogP contribution in [0, 0.1) is 5.82 Å². The summed E-state index contributed by atoms with van der Waals surface area (Å²) in [5.74, 6) is 0.332. The van der Waals surface area contributed by atoms with E-state index < -0.39 is 9.84 Å². The van der Waals surface area contributed by atoms with E-state index in [1.54, 1.807) is 19.2 Å². The van der Waals surface area contributed by atoms with E-state index in [1.807, 2.05) is 0 Å². The molecule has 1 fully saturated rings. The summed E-state index contributed by atoms with van der Waals surface area (Å²) in [5.41, 5.74) is 0.742. The largest absolute Gasteiger partial charge is 0.355 e. The lowest BCUT2D eigenvalue weighted by Gasteiger charge is -2.16. The van der Waals surface area contributed by atoms with Gasteiger partial charge in [0.2, 0.25) is 5.91 Å². The van der Waals surface area contributed by atoms with Crippen LogP contribution in [0.15, 0.2) is 29.3 Å². The molecule has 1 saturated heterocycles. The molecule has 7 nitrogen and oxygen atoms in total. The van der Waals surface area contributed by atoms with Gasteiger partial charge in [0.05, 0.1) is 17.9 Å². The van der Waals surface area contributed by atoms with E-state index in [1.165, 1.54) is 12.1 Å².